The molecule has 1 heterocycles. The highest BCUT2D eigenvalue weighted by Crippen LogP contribution is 2.34. The van der Waals surface area contributed by atoms with Gasteiger partial charge in [-0.1, -0.05) is 60.7 Å². The van der Waals surface area contributed by atoms with Gasteiger partial charge in [0.05, 0.1) is 5.56 Å². The molecule has 0 atom stereocenters. The number of nitrogens with zero attached hydrogens (tertiary/aromatic N) is 3. The molecule has 5 heteroatoms. The first-order valence-electron chi connectivity index (χ1n) is 9.04. The quantitative estimate of drug-likeness (QED) is 0.328. The summed E-state index contributed by atoms with van der Waals surface area (Å²) in [6.45, 7) is 0. The largest absolute Gasteiger partial charge is 0.710 e. The minimum Gasteiger partial charge on any atom is -0.710 e. The molecular formula is C23H21N3O2. The molecule has 0 aliphatic rings. The van der Waals surface area contributed by atoms with Crippen LogP contribution >= 0.6 is 0 Å². The van der Waals surface area contributed by atoms with E-state index < -0.39 is 0 Å². The van der Waals surface area contributed by atoms with Crippen LogP contribution in [0, 0.1) is 5.21 Å². The smallest absolute Gasteiger partial charge is 0.332 e. The predicted octanol–water partition coefficient (Wildman–Crippen LogP) is 4.43. The lowest BCUT2D eigenvalue weighted by molar-refractivity contribution is -0.582. The molecule has 0 unspecified atom stereocenters. The van der Waals surface area contributed by atoms with Gasteiger partial charge in [-0.15, -0.1) is 0 Å². The van der Waals surface area contributed by atoms with E-state index >= 15 is 0 Å². The van der Waals surface area contributed by atoms with Gasteiger partial charge in [0.25, 0.3) is 0 Å². The maximum atomic E-state index is 13.3. The third-order valence-corrected chi connectivity index (χ3v) is 4.77. The van der Waals surface area contributed by atoms with E-state index in [4.69, 9.17) is 0 Å². The minimum atomic E-state index is 0.183. The Hall–Kier alpha value is -3.73. The van der Waals surface area contributed by atoms with Gasteiger partial charge in [0.15, 0.2) is 5.69 Å². The highest BCUT2D eigenvalue weighted by molar-refractivity contribution is 5.79. The summed E-state index contributed by atoms with van der Waals surface area (Å²) in [5, 5.41) is 24.4. The lowest BCUT2D eigenvalue weighted by Crippen LogP contribution is -2.30. The van der Waals surface area contributed by atoms with Crippen LogP contribution in [0.15, 0.2) is 84.9 Å². The van der Waals surface area contributed by atoms with Gasteiger partial charge in [-0.25, -0.2) is 4.73 Å². The molecule has 5 nitrogen and oxygen atoms in total. The van der Waals surface area contributed by atoms with Crippen LogP contribution in [0.25, 0.3) is 33.9 Å². The monoisotopic (exact) mass is 371 g/mol. The molecule has 0 saturated heterocycles. The lowest BCUT2D eigenvalue weighted by atomic mass is 10.1. The van der Waals surface area contributed by atoms with Crippen LogP contribution in [-0.2, 0) is 0 Å². The maximum Gasteiger partial charge on any atom is 0.332 e. The fraction of sp³-hybridized carbons (Fsp3) is 0.0870. The van der Waals surface area contributed by atoms with Gasteiger partial charge in [-0.05, 0) is 29.0 Å². The number of hydrogen-bond donors (Lipinski definition) is 1. The van der Waals surface area contributed by atoms with Gasteiger partial charge in [0.1, 0.15) is 0 Å². The SMILES string of the molecule is CN(C)c1ccc(-c2n(O)c(-c3ccccc3)c(-c3ccccc3)[n+]2[O-])cc1. The third kappa shape index (κ3) is 2.97. The molecule has 0 radical (unpaired) electrons. The fourth-order valence-electron chi connectivity index (χ4n) is 3.35. The summed E-state index contributed by atoms with van der Waals surface area (Å²) in [5.41, 5.74) is 4.06. The number of aromatic nitrogens is 2. The van der Waals surface area contributed by atoms with Crippen molar-refractivity contribution in [2.24, 2.45) is 0 Å². The first-order valence-corrected chi connectivity index (χ1v) is 9.04. The molecule has 0 aliphatic carbocycles. The van der Waals surface area contributed by atoms with Gasteiger partial charge in [-0.3, -0.25) is 0 Å². The van der Waals surface area contributed by atoms with E-state index in [0.29, 0.717) is 17.0 Å². The molecule has 28 heavy (non-hydrogen) atoms. The second kappa shape index (κ2) is 7.12. The minimum absolute atomic E-state index is 0.183. The molecule has 4 aromatic rings. The zero-order valence-corrected chi connectivity index (χ0v) is 15.8. The fourth-order valence-corrected chi connectivity index (χ4v) is 3.35. The molecule has 0 saturated carbocycles. The van der Waals surface area contributed by atoms with Crippen molar-refractivity contribution in [2.75, 3.05) is 19.0 Å². The maximum absolute atomic E-state index is 13.3. The molecule has 3 aromatic carbocycles. The van der Waals surface area contributed by atoms with E-state index in [1.54, 1.807) is 0 Å². The number of benzene rings is 3. The van der Waals surface area contributed by atoms with Crippen molar-refractivity contribution < 1.29 is 9.94 Å². The Morgan fingerprint density at radius 2 is 1.29 bits per heavy atom. The van der Waals surface area contributed by atoms with Crippen LogP contribution in [0.1, 0.15) is 0 Å². The molecule has 4 rings (SSSR count). The Labute approximate surface area is 163 Å². The summed E-state index contributed by atoms with van der Waals surface area (Å²) in [6.07, 6.45) is 0. The molecule has 140 valence electrons. The summed E-state index contributed by atoms with van der Waals surface area (Å²) in [7, 11) is 3.91. The molecule has 1 N–H and O–H groups in total. The summed E-state index contributed by atoms with van der Waals surface area (Å²) in [4.78, 5) is 1.98. The third-order valence-electron chi connectivity index (χ3n) is 4.77. The summed E-state index contributed by atoms with van der Waals surface area (Å²) in [6, 6.07) is 26.4. The Bertz CT molecular complexity index is 1020. The van der Waals surface area contributed by atoms with Crippen LogP contribution < -0.4 is 9.63 Å². The number of imidazole rings is 1. The lowest BCUT2D eigenvalue weighted by Gasteiger charge is -2.12. The zero-order chi connectivity index (χ0) is 19.7. The molecule has 0 fully saturated rings. The first-order chi connectivity index (χ1) is 13.6. The van der Waals surface area contributed by atoms with E-state index in [-0.39, 0.29) is 5.82 Å². The Morgan fingerprint density at radius 1 is 0.750 bits per heavy atom. The van der Waals surface area contributed by atoms with Crippen molar-refractivity contribution >= 4 is 5.69 Å². The standard InChI is InChI=1S/C23H21N3O2/c1-24(2)20-15-13-19(14-16-20)23-25(27)21(17-9-5-3-6-10-17)22(26(23)28)18-11-7-4-8-12-18/h3-16,27H,1-2H3. The summed E-state index contributed by atoms with van der Waals surface area (Å²) in [5.74, 6) is 0.183. The van der Waals surface area contributed by atoms with Crippen molar-refractivity contribution in [3.63, 3.8) is 0 Å². The Balaban J connectivity index is 1.97. The molecular weight excluding hydrogens is 350 g/mol. The zero-order valence-electron chi connectivity index (χ0n) is 15.8. The van der Waals surface area contributed by atoms with E-state index in [2.05, 4.69) is 0 Å². The van der Waals surface area contributed by atoms with Gasteiger partial charge in [-0.2, -0.15) is 0 Å². The van der Waals surface area contributed by atoms with Crippen molar-refractivity contribution in [2.45, 2.75) is 0 Å². The molecule has 0 spiro atoms. The van der Waals surface area contributed by atoms with Crippen molar-refractivity contribution in [1.29, 1.82) is 0 Å². The van der Waals surface area contributed by atoms with Crippen molar-refractivity contribution in [3.05, 3.63) is 90.1 Å². The van der Waals surface area contributed by atoms with Crippen LogP contribution in [0.4, 0.5) is 5.69 Å². The topological polar surface area (TPSA) is 55.3 Å². The van der Waals surface area contributed by atoms with Crippen LogP contribution in [-0.4, -0.2) is 24.0 Å². The number of rotatable bonds is 4. The molecule has 0 aliphatic heterocycles. The Morgan fingerprint density at radius 3 is 1.82 bits per heavy atom. The van der Waals surface area contributed by atoms with E-state index in [1.807, 2.05) is 104 Å². The van der Waals surface area contributed by atoms with Gasteiger partial charge < -0.3 is 15.3 Å². The van der Waals surface area contributed by atoms with Gasteiger partial charge >= 0.3 is 5.82 Å². The predicted molar refractivity (Wildman–Crippen MR) is 111 cm³/mol. The van der Waals surface area contributed by atoms with Crippen molar-refractivity contribution in [3.8, 4) is 33.9 Å². The normalized spacial score (nSPS) is 10.8. The van der Waals surface area contributed by atoms with E-state index in [9.17, 15) is 10.4 Å². The Kier molecular flexibility index (Phi) is 4.49. The van der Waals surface area contributed by atoms with Crippen LogP contribution in [0.5, 0.6) is 0 Å². The second-order valence-corrected chi connectivity index (χ2v) is 6.80. The number of hydrogen-bond acceptors (Lipinski definition) is 3. The molecule has 0 amide bonds. The molecule has 1 aromatic heterocycles. The van der Waals surface area contributed by atoms with Crippen molar-refractivity contribution in [1.82, 2.24) is 4.73 Å². The van der Waals surface area contributed by atoms with Crippen LogP contribution in [0.3, 0.4) is 0 Å². The highest BCUT2D eigenvalue weighted by Gasteiger charge is 2.31. The van der Waals surface area contributed by atoms with Gasteiger partial charge in [0, 0.05) is 30.9 Å². The van der Waals surface area contributed by atoms with E-state index in [0.717, 1.165) is 26.3 Å². The first kappa shape index (κ1) is 17.7. The summed E-state index contributed by atoms with van der Waals surface area (Å²) < 4.78 is 1.80. The average Bonchev–Trinajstić information content (AvgIpc) is 2.99. The average molecular weight is 371 g/mol. The molecule has 0 bridgehead atoms. The second-order valence-electron chi connectivity index (χ2n) is 6.80. The van der Waals surface area contributed by atoms with Gasteiger partial charge in [0.2, 0.25) is 5.69 Å². The summed E-state index contributed by atoms with van der Waals surface area (Å²) >= 11 is 0. The highest BCUT2D eigenvalue weighted by atomic mass is 16.5. The van der Waals surface area contributed by atoms with Crippen LogP contribution in [0.2, 0.25) is 0 Å². The number of anilines is 1. The van der Waals surface area contributed by atoms with E-state index in [1.165, 1.54) is 0 Å².